The lowest BCUT2D eigenvalue weighted by atomic mass is 9.93. The van der Waals surface area contributed by atoms with Crippen molar-refractivity contribution in [3.63, 3.8) is 0 Å². The molecule has 2 heterocycles. The van der Waals surface area contributed by atoms with Crippen molar-refractivity contribution in [1.82, 2.24) is 5.16 Å². The van der Waals surface area contributed by atoms with Gasteiger partial charge in [0.2, 0.25) is 11.8 Å². The Morgan fingerprint density at radius 3 is 2.69 bits per heavy atom. The fourth-order valence-electron chi connectivity index (χ4n) is 2.63. The fraction of sp³-hybridized carbons (Fsp3) is 0.389. The van der Waals surface area contributed by atoms with Crippen molar-refractivity contribution in [3.8, 4) is 0 Å². The van der Waals surface area contributed by atoms with Crippen LogP contribution in [0.5, 0.6) is 0 Å². The molecule has 0 saturated carbocycles. The van der Waals surface area contributed by atoms with Gasteiger partial charge in [0, 0.05) is 29.3 Å². The molecular formula is C18H22N4O4. The van der Waals surface area contributed by atoms with Crippen LogP contribution >= 0.6 is 0 Å². The zero-order chi connectivity index (χ0) is 18.9. The SMILES string of the molecule is CC(C)(C)c1cc(NC(=O)CC(=O)Nc2ccc3c(c2)NC(O)C3)no1. The second-order valence-electron chi connectivity index (χ2n) is 7.34. The van der Waals surface area contributed by atoms with Gasteiger partial charge in [-0.1, -0.05) is 32.0 Å². The van der Waals surface area contributed by atoms with Gasteiger partial charge < -0.3 is 25.6 Å². The molecule has 0 aliphatic carbocycles. The maximum Gasteiger partial charge on any atom is 0.235 e. The van der Waals surface area contributed by atoms with Gasteiger partial charge in [0.25, 0.3) is 0 Å². The maximum atomic E-state index is 12.1. The molecule has 0 radical (unpaired) electrons. The Labute approximate surface area is 150 Å². The van der Waals surface area contributed by atoms with Crippen molar-refractivity contribution < 1.29 is 19.2 Å². The van der Waals surface area contributed by atoms with Crippen molar-refractivity contribution in [3.05, 3.63) is 35.6 Å². The normalized spacial score (nSPS) is 15.9. The van der Waals surface area contributed by atoms with E-state index in [1.165, 1.54) is 0 Å². The van der Waals surface area contributed by atoms with E-state index in [-0.39, 0.29) is 17.7 Å². The van der Waals surface area contributed by atoms with E-state index < -0.39 is 18.0 Å². The second-order valence-corrected chi connectivity index (χ2v) is 7.34. The molecule has 1 aromatic heterocycles. The van der Waals surface area contributed by atoms with Crippen molar-refractivity contribution >= 4 is 29.0 Å². The number of carbonyl (C=O) groups is 2. The van der Waals surface area contributed by atoms with Crippen LogP contribution in [0.25, 0.3) is 0 Å². The summed E-state index contributed by atoms with van der Waals surface area (Å²) in [6.07, 6.45) is -0.424. The topological polar surface area (TPSA) is 116 Å². The lowest BCUT2D eigenvalue weighted by molar-refractivity contribution is -0.123. The summed E-state index contributed by atoms with van der Waals surface area (Å²) in [7, 11) is 0. The third-order valence-electron chi connectivity index (χ3n) is 3.97. The summed E-state index contributed by atoms with van der Waals surface area (Å²) in [6, 6.07) is 6.95. The maximum absolute atomic E-state index is 12.1. The Hall–Kier alpha value is -2.87. The summed E-state index contributed by atoms with van der Waals surface area (Å²) in [4.78, 5) is 24.1. The summed E-state index contributed by atoms with van der Waals surface area (Å²) >= 11 is 0. The Morgan fingerprint density at radius 2 is 2.00 bits per heavy atom. The number of nitrogens with one attached hydrogen (secondary N) is 3. The van der Waals surface area contributed by atoms with Crippen molar-refractivity contribution in [2.75, 3.05) is 16.0 Å². The highest BCUT2D eigenvalue weighted by Crippen LogP contribution is 2.28. The monoisotopic (exact) mass is 358 g/mol. The quantitative estimate of drug-likeness (QED) is 0.623. The molecule has 1 unspecified atom stereocenters. The molecule has 2 aromatic rings. The zero-order valence-electron chi connectivity index (χ0n) is 14.9. The van der Waals surface area contributed by atoms with E-state index in [1.807, 2.05) is 26.8 Å². The highest BCUT2D eigenvalue weighted by Gasteiger charge is 2.21. The fourth-order valence-corrected chi connectivity index (χ4v) is 2.63. The van der Waals surface area contributed by atoms with Crippen LogP contribution in [0.15, 0.2) is 28.8 Å². The number of aliphatic hydroxyl groups excluding tert-OH is 1. The predicted octanol–water partition coefficient (Wildman–Crippen LogP) is 2.23. The molecule has 4 N–H and O–H groups in total. The van der Waals surface area contributed by atoms with Crippen LogP contribution in [-0.4, -0.2) is 28.3 Å². The number of hydrogen-bond acceptors (Lipinski definition) is 6. The number of carbonyl (C=O) groups excluding carboxylic acids is 2. The molecule has 1 aliphatic rings. The van der Waals surface area contributed by atoms with E-state index in [9.17, 15) is 14.7 Å². The van der Waals surface area contributed by atoms with Crippen molar-refractivity contribution in [2.45, 2.75) is 45.3 Å². The number of benzene rings is 1. The van der Waals surface area contributed by atoms with Crippen LogP contribution in [0.1, 0.15) is 38.5 Å². The molecule has 2 amide bonds. The van der Waals surface area contributed by atoms with Gasteiger partial charge in [-0.25, -0.2) is 0 Å². The van der Waals surface area contributed by atoms with Gasteiger partial charge in [-0.3, -0.25) is 9.59 Å². The van der Waals surface area contributed by atoms with E-state index in [0.29, 0.717) is 17.9 Å². The van der Waals surface area contributed by atoms with E-state index in [2.05, 4.69) is 21.1 Å². The Balaban J connectivity index is 1.54. The largest absolute Gasteiger partial charge is 0.373 e. The average molecular weight is 358 g/mol. The van der Waals surface area contributed by atoms with Crippen molar-refractivity contribution in [2.24, 2.45) is 0 Å². The van der Waals surface area contributed by atoms with Gasteiger partial charge in [-0.15, -0.1) is 0 Å². The smallest absolute Gasteiger partial charge is 0.235 e. The first kappa shape index (κ1) is 17.9. The summed E-state index contributed by atoms with van der Waals surface area (Å²) in [5.41, 5.74) is 2.09. The highest BCUT2D eigenvalue weighted by molar-refractivity contribution is 6.07. The number of fused-ring (bicyclic) bond motifs is 1. The number of nitrogens with zero attached hydrogens (tertiary/aromatic N) is 1. The summed E-state index contributed by atoms with van der Waals surface area (Å²) in [5.74, 6) is 0.0000231. The lowest BCUT2D eigenvalue weighted by Crippen LogP contribution is -2.21. The number of aliphatic hydroxyl groups is 1. The Kier molecular flexibility index (Phi) is 4.69. The van der Waals surface area contributed by atoms with Crippen LogP contribution in [0.4, 0.5) is 17.2 Å². The minimum atomic E-state index is -0.609. The first-order valence-electron chi connectivity index (χ1n) is 8.35. The molecule has 0 bridgehead atoms. The van der Waals surface area contributed by atoms with Crippen LogP contribution in [0.3, 0.4) is 0 Å². The van der Waals surface area contributed by atoms with Gasteiger partial charge in [-0.05, 0) is 17.7 Å². The molecule has 0 fully saturated rings. The molecular weight excluding hydrogens is 336 g/mol. The van der Waals surface area contributed by atoms with Gasteiger partial charge in [-0.2, -0.15) is 0 Å². The molecule has 0 saturated heterocycles. The van der Waals surface area contributed by atoms with Gasteiger partial charge in [0.1, 0.15) is 18.4 Å². The van der Waals surface area contributed by atoms with Gasteiger partial charge in [0.15, 0.2) is 5.82 Å². The lowest BCUT2D eigenvalue weighted by Gasteiger charge is -2.12. The first-order chi connectivity index (χ1) is 12.2. The minimum absolute atomic E-state index is 0.220. The summed E-state index contributed by atoms with van der Waals surface area (Å²) in [6.45, 7) is 5.91. The number of hydrogen-bond donors (Lipinski definition) is 4. The number of anilines is 3. The molecule has 1 aromatic carbocycles. The molecule has 26 heavy (non-hydrogen) atoms. The summed E-state index contributed by atoms with van der Waals surface area (Å²) in [5, 5.41) is 21.5. The highest BCUT2D eigenvalue weighted by atomic mass is 16.5. The standard InChI is InChI=1S/C18H22N4O4/c1-18(2,3)13-8-14(22-26-13)21-17(25)9-16(24)19-11-5-4-10-6-15(23)20-12(10)7-11/h4-5,7-8,15,20,23H,6,9H2,1-3H3,(H,19,24)(H,21,22,25). The third kappa shape index (κ3) is 4.20. The van der Waals surface area contributed by atoms with E-state index >= 15 is 0 Å². The van der Waals surface area contributed by atoms with Crippen LogP contribution in [0.2, 0.25) is 0 Å². The second kappa shape index (κ2) is 6.80. The first-order valence-corrected chi connectivity index (χ1v) is 8.35. The molecule has 0 spiro atoms. The number of aromatic nitrogens is 1. The van der Waals surface area contributed by atoms with Gasteiger partial charge >= 0.3 is 0 Å². The Morgan fingerprint density at radius 1 is 1.27 bits per heavy atom. The van der Waals surface area contributed by atoms with Gasteiger partial charge in [0.05, 0.1) is 0 Å². The average Bonchev–Trinajstić information content (AvgIpc) is 3.11. The molecule has 8 heteroatoms. The Bertz CT molecular complexity index is 838. The van der Waals surface area contributed by atoms with Crippen molar-refractivity contribution in [1.29, 1.82) is 0 Å². The number of amides is 2. The van der Waals surface area contributed by atoms with Crippen LogP contribution in [0, 0.1) is 0 Å². The predicted molar refractivity (Wildman–Crippen MR) is 96.9 cm³/mol. The molecule has 8 nitrogen and oxygen atoms in total. The minimum Gasteiger partial charge on any atom is -0.373 e. The molecule has 1 aliphatic heterocycles. The van der Waals surface area contributed by atoms with Crippen LogP contribution < -0.4 is 16.0 Å². The van der Waals surface area contributed by atoms with E-state index in [4.69, 9.17) is 4.52 Å². The number of rotatable bonds is 4. The van der Waals surface area contributed by atoms with E-state index in [1.54, 1.807) is 18.2 Å². The third-order valence-corrected chi connectivity index (χ3v) is 3.97. The summed E-state index contributed by atoms with van der Waals surface area (Å²) < 4.78 is 5.19. The van der Waals surface area contributed by atoms with E-state index in [0.717, 1.165) is 11.3 Å². The molecule has 3 rings (SSSR count). The molecule has 138 valence electrons. The van der Waals surface area contributed by atoms with Crippen LogP contribution in [-0.2, 0) is 21.4 Å². The zero-order valence-corrected chi connectivity index (χ0v) is 14.9. The molecule has 1 atom stereocenters.